The number of hydrogen-bond donors (Lipinski definition) is 3. The fourth-order valence-corrected chi connectivity index (χ4v) is 4.06. The average Bonchev–Trinajstić information content (AvgIpc) is 2.95. The Balaban J connectivity index is 1.40. The van der Waals surface area contributed by atoms with Crippen molar-refractivity contribution in [3.63, 3.8) is 0 Å². The molecule has 0 saturated heterocycles. The first-order chi connectivity index (χ1) is 19.4. The van der Waals surface area contributed by atoms with Gasteiger partial charge in [-0.15, -0.1) is 0 Å². The first-order valence-corrected chi connectivity index (χ1v) is 13.2. The molecule has 0 radical (unpaired) electrons. The van der Waals surface area contributed by atoms with Gasteiger partial charge in [-0.1, -0.05) is 54.6 Å². The van der Waals surface area contributed by atoms with Crippen molar-refractivity contribution in [1.29, 1.82) is 0 Å². The van der Waals surface area contributed by atoms with E-state index < -0.39 is 11.1 Å². The Morgan fingerprint density at radius 2 is 1.40 bits per heavy atom. The van der Waals surface area contributed by atoms with Crippen LogP contribution in [0.1, 0.15) is 33.5 Å². The summed E-state index contributed by atoms with van der Waals surface area (Å²) in [6, 6.07) is 24.1. The van der Waals surface area contributed by atoms with Gasteiger partial charge in [0, 0.05) is 18.7 Å². The Morgan fingerprint density at radius 3 is 1.98 bits per heavy atom. The van der Waals surface area contributed by atoms with Gasteiger partial charge in [0.15, 0.2) is 0 Å². The number of aromatic amines is 2. The first-order valence-electron chi connectivity index (χ1n) is 13.2. The van der Waals surface area contributed by atoms with Gasteiger partial charge < -0.3 is 24.9 Å². The van der Waals surface area contributed by atoms with Crippen LogP contribution in [0.3, 0.4) is 0 Å². The standard InChI is InChI=1S/C32H34N4O4/c1-36(2)19-6-20-40-27-15-11-25(12-16-27)22-29-32(39)34-28(31(38)35-29)21-24-9-13-26(14-10-24)30(37)33-18-17-23-7-4-3-5-8-23/h3-5,7-16,21-22H,6,17-20H2,1-2H3,(H,33,37)(H,34,39)(H,35,38). The highest BCUT2D eigenvalue weighted by Crippen LogP contribution is 2.12. The lowest BCUT2D eigenvalue weighted by molar-refractivity contribution is 0.0954. The molecule has 4 aromatic rings. The monoisotopic (exact) mass is 538 g/mol. The van der Waals surface area contributed by atoms with Gasteiger partial charge in [0.1, 0.15) is 16.4 Å². The van der Waals surface area contributed by atoms with E-state index in [1.807, 2.05) is 68.7 Å². The summed E-state index contributed by atoms with van der Waals surface area (Å²) in [5.41, 5.74) is 2.28. The van der Waals surface area contributed by atoms with Gasteiger partial charge in [0.25, 0.3) is 17.0 Å². The van der Waals surface area contributed by atoms with Crippen LogP contribution in [0.15, 0.2) is 88.5 Å². The quantitative estimate of drug-likeness (QED) is 0.253. The SMILES string of the molecule is CN(C)CCCOc1ccc(C=c2[nH]c(=O)c(=Cc3ccc(C(=O)NCCc4ccccc4)cc3)[nH]c2=O)cc1. The van der Waals surface area contributed by atoms with Crippen molar-refractivity contribution in [1.82, 2.24) is 20.2 Å². The number of carbonyl (C=O) groups excluding carboxylic acids is 1. The van der Waals surface area contributed by atoms with E-state index in [1.165, 1.54) is 0 Å². The minimum atomic E-state index is -0.422. The van der Waals surface area contributed by atoms with Gasteiger partial charge in [-0.3, -0.25) is 14.4 Å². The molecular weight excluding hydrogens is 504 g/mol. The Labute approximate surface area is 232 Å². The fourth-order valence-electron chi connectivity index (χ4n) is 4.06. The van der Waals surface area contributed by atoms with E-state index in [2.05, 4.69) is 20.2 Å². The largest absolute Gasteiger partial charge is 0.494 e. The molecule has 4 rings (SSSR count). The Kier molecular flexibility index (Phi) is 9.85. The van der Waals surface area contributed by atoms with E-state index >= 15 is 0 Å². The molecule has 0 saturated carbocycles. The van der Waals surface area contributed by atoms with E-state index in [0.29, 0.717) is 24.3 Å². The summed E-state index contributed by atoms with van der Waals surface area (Å²) in [7, 11) is 4.05. The molecule has 8 nitrogen and oxygen atoms in total. The lowest BCUT2D eigenvalue weighted by atomic mass is 10.1. The van der Waals surface area contributed by atoms with Crippen LogP contribution < -0.4 is 31.9 Å². The topological polar surface area (TPSA) is 107 Å². The van der Waals surface area contributed by atoms with Crippen LogP contribution in [0.4, 0.5) is 0 Å². The highest BCUT2D eigenvalue weighted by atomic mass is 16.5. The summed E-state index contributed by atoms with van der Waals surface area (Å²) < 4.78 is 5.74. The number of rotatable bonds is 11. The number of carbonyl (C=O) groups is 1. The van der Waals surface area contributed by atoms with Gasteiger partial charge in [-0.2, -0.15) is 0 Å². The zero-order valence-electron chi connectivity index (χ0n) is 22.8. The maximum atomic E-state index is 12.7. The third kappa shape index (κ3) is 8.41. The maximum absolute atomic E-state index is 12.7. The average molecular weight is 539 g/mol. The predicted molar refractivity (Wildman–Crippen MR) is 158 cm³/mol. The van der Waals surface area contributed by atoms with Gasteiger partial charge in [-0.25, -0.2) is 0 Å². The highest BCUT2D eigenvalue weighted by Gasteiger charge is 2.05. The summed E-state index contributed by atoms with van der Waals surface area (Å²) in [4.78, 5) is 45.2. The van der Waals surface area contributed by atoms with E-state index in [-0.39, 0.29) is 16.6 Å². The molecule has 0 spiro atoms. The van der Waals surface area contributed by atoms with E-state index in [9.17, 15) is 14.4 Å². The molecule has 3 N–H and O–H groups in total. The predicted octanol–water partition coefficient (Wildman–Crippen LogP) is 2.02. The summed E-state index contributed by atoms with van der Waals surface area (Å²) >= 11 is 0. The number of benzene rings is 3. The maximum Gasteiger partial charge on any atom is 0.272 e. The molecule has 0 aliphatic heterocycles. The Morgan fingerprint density at radius 1 is 0.825 bits per heavy atom. The van der Waals surface area contributed by atoms with Gasteiger partial charge in [-0.05, 0) is 80.0 Å². The number of ether oxygens (including phenoxy) is 1. The van der Waals surface area contributed by atoms with Crippen LogP contribution in [0.5, 0.6) is 5.75 Å². The number of nitrogens with one attached hydrogen (secondary N) is 3. The van der Waals surface area contributed by atoms with E-state index in [1.54, 1.807) is 36.4 Å². The number of amides is 1. The molecule has 8 heteroatoms. The molecule has 40 heavy (non-hydrogen) atoms. The number of hydrogen-bond acceptors (Lipinski definition) is 5. The summed E-state index contributed by atoms with van der Waals surface area (Å²) in [6.45, 7) is 2.11. The van der Waals surface area contributed by atoms with Crippen LogP contribution in [0, 0.1) is 0 Å². The number of nitrogens with zero attached hydrogens (tertiary/aromatic N) is 1. The highest BCUT2D eigenvalue weighted by molar-refractivity contribution is 5.94. The normalized spacial score (nSPS) is 12.1. The third-order valence-corrected chi connectivity index (χ3v) is 6.22. The van der Waals surface area contributed by atoms with Crippen molar-refractivity contribution < 1.29 is 9.53 Å². The second kappa shape index (κ2) is 13.9. The number of H-pyrrole nitrogens is 2. The zero-order chi connectivity index (χ0) is 28.3. The zero-order valence-corrected chi connectivity index (χ0v) is 22.8. The lowest BCUT2D eigenvalue weighted by Crippen LogP contribution is -2.46. The molecule has 0 bridgehead atoms. The molecule has 3 aromatic carbocycles. The molecule has 1 heterocycles. The molecule has 1 amide bonds. The van der Waals surface area contributed by atoms with E-state index in [4.69, 9.17) is 4.74 Å². The first kappa shape index (κ1) is 28.3. The van der Waals surface area contributed by atoms with Gasteiger partial charge in [0.05, 0.1) is 6.61 Å². The summed E-state index contributed by atoms with van der Waals surface area (Å²) in [6.07, 6.45) is 4.86. The molecule has 206 valence electrons. The molecule has 0 aliphatic rings. The molecule has 1 aromatic heterocycles. The molecule has 0 fully saturated rings. The minimum absolute atomic E-state index is 0.128. The van der Waals surface area contributed by atoms with Crippen molar-refractivity contribution in [3.05, 3.63) is 133 Å². The van der Waals surface area contributed by atoms with Crippen molar-refractivity contribution >= 4 is 18.1 Å². The lowest BCUT2D eigenvalue weighted by Gasteiger charge is -2.10. The minimum Gasteiger partial charge on any atom is -0.494 e. The fraction of sp³-hybridized carbons (Fsp3) is 0.219. The molecule has 0 unspecified atom stereocenters. The number of aromatic nitrogens is 2. The van der Waals surface area contributed by atoms with Crippen LogP contribution >= 0.6 is 0 Å². The Hall–Kier alpha value is -4.69. The van der Waals surface area contributed by atoms with Crippen LogP contribution in [-0.4, -0.2) is 54.6 Å². The molecular formula is C32H34N4O4. The second-order valence-electron chi connectivity index (χ2n) is 9.71. The van der Waals surface area contributed by atoms with Crippen LogP contribution in [-0.2, 0) is 6.42 Å². The van der Waals surface area contributed by atoms with E-state index in [0.717, 1.165) is 36.3 Å². The Bertz CT molecular complexity index is 1640. The second-order valence-corrected chi connectivity index (χ2v) is 9.71. The van der Waals surface area contributed by atoms with Crippen molar-refractivity contribution in [2.75, 3.05) is 33.8 Å². The van der Waals surface area contributed by atoms with Crippen molar-refractivity contribution in [2.24, 2.45) is 0 Å². The van der Waals surface area contributed by atoms with Crippen LogP contribution in [0.2, 0.25) is 0 Å². The summed E-state index contributed by atoms with van der Waals surface area (Å²) in [5, 5.41) is 3.20. The summed E-state index contributed by atoms with van der Waals surface area (Å²) in [5.74, 6) is 0.580. The smallest absolute Gasteiger partial charge is 0.272 e. The van der Waals surface area contributed by atoms with Crippen molar-refractivity contribution in [2.45, 2.75) is 12.8 Å². The van der Waals surface area contributed by atoms with Crippen molar-refractivity contribution in [3.8, 4) is 5.75 Å². The third-order valence-electron chi connectivity index (χ3n) is 6.22. The van der Waals surface area contributed by atoms with Gasteiger partial charge >= 0.3 is 0 Å². The molecule has 0 aliphatic carbocycles. The molecule has 0 atom stereocenters. The van der Waals surface area contributed by atoms with Crippen LogP contribution in [0.25, 0.3) is 12.2 Å². The van der Waals surface area contributed by atoms with Gasteiger partial charge in [0.2, 0.25) is 0 Å².